The predicted molar refractivity (Wildman–Crippen MR) is 48.4 cm³/mol. The third-order valence-electron chi connectivity index (χ3n) is 1.48. The smallest absolute Gasteiger partial charge is 0.285 e. The van der Waals surface area contributed by atoms with Gasteiger partial charge in [0, 0.05) is 35.1 Å². The summed E-state index contributed by atoms with van der Waals surface area (Å²) >= 11 is 3.34. The number of carbonyl (C=O) groups is 1. The summed E-state index contributed by atoms with van der Waals surface area (Å²) in [6.07, 6.45) is 1.85. The summed E-state index contributed by atoms with van der Waals surface area (Å²) in [5.41, 5.74) is 0. The van der Waals surface area contributed by atoms with Crippen LogP contribution in [0.2, 0.25) is 0 Å². The molecular formula is C8H10BrClN2O. The first-order valence-electron chi connectivity index (χ1n) is 3.58. The lowest BCUT2D eigenvalue weighted by atomic mass is 10.4. The van der Waals surface area contributed by atoms with Crippen LogP contribution in [0.3, 0.4) is 0 Å². The maximum atomic E-state index is 11.0. The van der Waals surface area contributed by atoms with Crippen LogP contribution in [0.1, 0.15) is 0 Å². The molecule has 72 valence electrons. The average molecular weight is 266 g/mol. The summed E-state index contributed by atoms with van der Waals surface area (Å²) in [6.45, 7) is 0.345. The van der Waals surface area contributed by atoms with Crippen molar-refractivity contribution in [2.75, 3.05) is 7.05 Å². The van der Waals surface area contributed by atoms with E-state index in [-0.39, 0.29) is 18.3 Å². The SMILES string of the molecule is CNC(=O)C[n+]1ccccc1Br.[Cl-]. The summed E-state index contributed by atoms with van der Waals surface area (Å²) in [6, 6.07) is 5.68. The Hall–Kier alpha value is -0.610. The molecule has 1 N–H and O–H groups in total. The van der Waals surface area contributed by atoms with Gasteiger partial charge in [-0.3, -0.25) is 4.79 Å². The molecule has 0 radical (unpaired) electrons. The van der Waals surface area contributed by atoms with Gasteiger partial charge >= 0.3 is 0 Å². The molecule has 0 saturated carbocycles. The number of likely N-dealkylation sites (N-methyl/N-ethyl adjacent to an activating group) is 1. The Morgan fingerprint density at radius 3 is 2.85 bits per heavy atom. The first-order valence-corrected chi connectivity index (χ1v) is 4.38. The zero-order valence-corrected chi connectivity index (χ0v) is 9.47. The van der Waals surface area contributed by atoms with Gasteiger partial charge in [-0.05, 0) is 6.07 Å². The number of rotatable bonds is 2. The van der Waals surface area contributed by atoms with Gasteiger partial charge in [-0.1, -0.05) is 0 Å². The molecule has 1 heterocycles. The maximum Gasteiger partial charge on any atom is 0.285 e. The second-order valence-corrected chi connectivity index (χ2v) is 3.14. The van der Waals surface area contributed by atoms with E-state index in [2.05, 4.69) is 21.2 Å². The minimum atomic E-state index is -0.00750. The Labute approximate surface area is 91.7 Å². The van der Waals surface area contributed by atoms with Crippen LogP contribution in [0.25, 0.3) is 0 Å². The second-order valence-electron chi connectivity index (χ2n) is 2.32. The first kappa shape index (κ1) is 12.4. The molecule has 0 fully saturated rings. The van der Waals surface area contributed by atoms with Gasteiger partial charge in [0.15, 0.2) is 6.20 Å². The van der Waals surface area contributed by atoms with E-state index in [9.17, 15) is 4.79 Å². The minimum Gasteiger partial charge on any atom is -1.00 e. The molecule has 1 aromatic rings. The van der Waals surface area contributed by atoms with Crippen LogP contribution in [0, 0.1) is 0 Å². The predicted octanol–water partition coefficient (Wildman–Crippen LogP) is -2.51. The van der Waals surface area contributed by atoms with E-state index in [4.69, 9.17) is 0 Å². The Balaban J connectivity index is 0.00000144. The lowest BCUT2D eigenvalue weighted by Gasteiger charge is -1.96. The molecule has 0 bridgehead atoms. The fourth-order valence-electron chi connectivity index (χ4n) is 0.817. The molecule has 5 heteroatoms. The normalized spacial score (nSPS) is 8.77. The van der Waals surface area contributed by atoms with Crippen molar-refractivity contribution in [1.29, 1.82) is 0 Å². The Morgan fingerprint density at radius 1 is 1.62 bits per heavy atom. The Bertz CT molecular complexity index is 293. The molecule has 0 unspecified atom stereocenters. The second kappa shape index (κ2) is 5.94. The standard InChI is InChI=1S/C8H9BrN2O.ClH/c1-10-8(12)6-11-5-3-2-4-7(11)9;/h2-5H,6H2,1H3;1H. The van der Waals surface area contributed by atoms with Crippen molar-refractivity contribution in [2.24, 2.45) is 0 Å². The van der Waals surface area contributed by atoms with Crippen LogP contribution in [-0.2, 0) is 11.3 Å². The minimum absolute atomic E-state index is 0. The quantitative estimate of drug-likeness (QED) is 0.465. The summed E-state index contributed by atoms with van der Waals surface area (Å²) < 4.78 is 2.72. The van der Waals surface area contributed by atoms with Gasteiger partial charge in [0.2, 0.25) is 11.1 Å². The summed E-state index contributed by atoms with van der Waals surface area (Å²) in [5.74, 6) is -0.00750. The molecule has 0 aliphatic rings. The van der Waals surface area contributed by atoms with Gasteiger partial charge in [0.05, 0.1) is 0 Å². The van der Waals surface area contributed by atoms with E-state index in [0.717, 1.165) is 4.60 Å². The highest BCUT2D eigenvalue weighted by Gasteiger charge is 2.09. The van der Waals surface area contributed by atoms with E-state index < -0.39 is 0 Å². The van der Waals surface area contributed by atoms with Crippen molar-refractivity contribution in [3.05, 3.63) is 29.0 Å². The van der Waals surface area contributed by atoms with Crippen LogP contribution in [0.15, 0.2) is 29.0 Å². The summed E-state index contributed by atoms with van der Waals surface area (Å²) in [7, 11) is 1.62. The zero-order chi connectivity index (χ0) is 8.97. The third kappa shape index (κ3) is 3.74. The number of nitrogens with zero attached hydrogens (tertiary/aromatic N) is 1. The third-order valence-corrected chi connectivity index (χ3v) is 2.20. The lowest BCUT2D eigenvalue weighted by Crippen LogP contribution is -3.00. The van der Waals surface area contributed by atoms with Gasteiger partial charge in [0.25, 0.3) is 5.91 Å². The number of carbonyl (C=O) groups excluding carboxylic acids is 1. The van der Waals surface area contributed by atoms with E-state index in [1.807, 2.05) is 29.0 Å². The fourth-order valence-corrected chi connectivity index (χ4v) is 1.21. The van der Waals surface area contributed by atoms with E-state index in [1.165, 1.54) is 0 Å². The van der Waals surface area contributed by atoms with Crippen LogP contribution >= 0.6 is 15.9 Å². The van der Waals surface area contributed by atoms with Crippen molar-refractivity contribution in [1.82, 2.24) is 5.32 Å². The highest BCUT2D eigenvalue weighted by atomic mass is 79.9. The highest BCUT2D eigenvalue weighted by Crippen LogP contribution is 1.99. The lowest BCUT2D eigenvalue weighted by molar-refractivity contribution is -0.695. The zero-order valence-electron chi connectivity index (χ0n) is 7.13. The monoisotopic (exact) mass is 264 g/mol. The number of halogens is 2. The van der Waals surface area contributed by atoms with Crippen LogP contribution in [0.4, 0.5) is 0 Å². The van der Waals surface area contributed by atoms with Crippen molar-refractivity contribution >= 4 is 21.8 Å². The Kier molecular flexibility index (Phi) is 5.66. The van der Waals surface area contributed by atoms with Crippen LogP contribution in [-0.4, -0.2) is 13.0 Å². The Morgan fingerprint density at radius 2 is 2.31 bits per heavy atom. The van der Waals surface area contributed by atoms with Gasteiger partial charge in [-0.2, -0.15) is 4.57 Å². The van der Waals surface area contributed by atoms with E-state index in [1.54, 1.807) is 7.05 Å². The van der Waals surface area contributed by atoms with Crippen molar-refractivity contribution in [3.8, 4) is 0 Å². The van der Waals surface area contributed by atoms with Crippen molar-refractivity contribution in [2.45, 2.75) is 6.54 Å². The molecule has 0 aliphatic carbocycles. The molecule has 0 atom stereocenters. The van der Waals surface area contributed by atoms with Gasteiger partial charge in [0.1, 0.15) is 0 Å². The van der Waals surface area contributed by atoms with Gasteiger partial charge in [-0.15, -0.1) is 0 Å². The van der Waals surface area contributed by atoms with E-state index in [0.29, 0.717) is 6.54 Å². The molecule has 0 saturated heterocycles. The largest absolute Gasteiger partial charge is 1.00 e. The molecule has 1 amide bonds. The number of nitrogens with one attached hydrogen (secondary N) is 1. The molecule has 0 aromatic carbocycles. The molecule has 3 nitrogen and oxygen atoms in total. The number of aromatic nitrogens is 1. The van der Waals surface area contributed by atoms with Crippen molar-refractivity contribution in [3.63, 3.8) is 0 Å². The topological polar surface area (TPSA) is 33.0 Å². The maximum absolute atomic E-state index is 11.0. The fraction of sp³-hybridized carbons (Fsp3) is 0.250. The molecule has 0 aliphatic heterocycles. The number of pyridine rings is 1. The summed E-state index contributed by atoms with van der Waals surface area (Å²) in [5, 5.41) is 2.56. The summed E-state index contributed by atoms with van der Waals surface area (Å²) in [4.78, 5) is 11.0. The van der Waals surface area contributed by atoms with E-state index >= 15 is 0 Å². The highest BCUT2D eigenvalue weighted by molar-refractivity contribution is 9.10. The number of hydrogen-bond donors (Lipinski definition) is 1. The molecular weight excluding hydrogens is 255 g/mol. The number of amides is 1. The van der Waals surface area contributed by atoms with Crippen molar-refractivity contribution < 1.29 is 21.8 Å². The molecule has 1 rings (SSSR count). The molecule has 13 heavy (non-hydrogen) atoms. The van der Waals surface area contributed by atoms with Crippen LogP contribution < -0.4 is 22.3 Å². The van der Waals surface area contributed by atoms with Gasteiger partial charge in [-0.25, -0.2) is 0 Å². The molecule has 1 aromatic heterocycles. The molecule has 0 spiro atoms. The van der Waals surface area contributed by atoms with Crippen LogP contribution in [0.5, 0.6) is 0 Å². The first-order chi connectivity index (χ1) is 5.74. The average Bonchev–Trinajstić information content (AvgIpc) is 2.09. The number of hydrogen-bond acceptors (Lipinski definition) is 1. The van der Waals surface area contributed by atoms with Gasteiger partial charge < -0.3 is 17.7 Å².